The number of nitrogens with one attached hydrogen (secondary N) is 1. The molecule has 2 heterocycles. The van der Waals surface area contributed by atoms with Crippen LogP contribution in [0.5, 0.6) is 0 Å². The number of carbonyl (C=O) groups is 1. The molecule has 1 fully saturated rings. The Hall–Kier alpha value is -3.78. The van der Waals surface area contributed by atoms with Crippen molar-refractivity contribution in [3.05, 3.63) is 90.2 Å². The topological polar surface area (TPSA) is 79.4 Å². The molecule has 166 valence electrons. The van der Waals surface area contributed by atoms with E-state index in [0.29, 0.717) is 18.7 Å². The van der Waals surface area contributed by atoms with Crippen molar-refractivity contribution in [1.29, 1.82) is 0 Å². The van der Waals surface area contributed by atoms with Crippen LogP contribution in [-0.4, -0.2) is 31.6 Å². The van der Waals surface area contributed by atoms with Gasteiger partial charge in [-0.15, -0.1) is 0 Å². The highest BCUT2D eigenvalue weighted by molar-refractivity contribution is 7.93. The number of pyridine rings is 1. The third kappa shape index (κ3) is 4.17. The molecule has 0 spiro atoms. The fraction of sp³-hybridized carbons (Fsp3) is 0.120. The minimum Gasteiger partial charge on any atom is -0.322 e. The number of para-hydroxylation sites is 1. The molecule has 4 aromatic rings. The molecule has 0 atom stereocenters. The van der Waals surface area contributed by atoms with Gasteiger partial charge in [0, 0.05) is 23.2 Å². The van der Waals surface area contributed by atoms with Crippen LogP contribution in [0, 0.1) is 5.82 Å². The number of fused-ring (bicyclic) bond motifs is 1. The smallest absolute Gasteiger partial charge is 0.258 e. The van der Waals surface area contributed by atoms with Gasteiger partial charge in [-0.1, -0.05) is 36.4 Å². The SMILES string of the molecule is O=C(Nc1cccc(-c2ccc3ccccc3n2)c1)c1ccc(N2CCCS2(=O)=O)cc1F. The zero-order valence-corrected chi connectivity index (χ0v) is 18.3. The van der Waals surface area contributed by atoms with E-state index < -0.39 is 21.7 Å². The minimum absolute atomic E-state index is 0.0409. The number of amides is 1. The highest BCUT2D eigenvalue weighted by atomic mass is 32.2. The lowest BCUT2D eigenvalue weighted by Gasteiger charge is -2.17. The lowest BCUT2D eigenvalue weighted by atomic mass is 10.1. The second-order valence-corrected chi connectivity index (χ2v) is 9.84. The summed E-state index contributed by atoms with van der Waals surface area (Å²) in [5.41, 5.74) is 3.00. The molecular formula is C25H20FN3O3S. The van der Waals surface area contributed by atoms with Crippen molar-refractivity contribution in [1.82, 2.24) is 4.98 Å². The maximum atomic E-state index is 14.7. The molecule has 1 aliphatic heterocycles. The van der Waals surface area contributed by atoms with Gasteiger partial charge in [0.15, 0.2) is 0 Å². The molecule has 0 saturated carbocycles. The normalized spacial score (nSPS) is 15.0. The molecule has 5 rings (SSSR count). The molecular weight excluding hydrogens is 441 g/mol. The summed E-state index contributed by atoms with van der Waals surface area (Å²) in [6.45, 7) is 0.308. The summed E-state index contributed by atoms with van der Waals surface area (Å²) in [6.07, 6.45) is 0.495. The van der Waals surface area contributed by atoms with Crippen LogP contribution in [0.4, 0.5) is 15.8 Å². The number of anilines is 2. The van der Waals surface area contributed by atoms with Crippen molar-refractivity contribution in [2.75, 3.05) is 21.9 Å². The summed E-state index contributed by atoms with van der Waals surface area (Å²) in [5.74, 6) is -1.36. The predicted molar refractivity (Wildman–Crippen MR) is 127 cm³/mol. The molecule has 0 aliphatic carbocycles. The Bertz CT molecular complexity index is 1490. The molecule has 6 nitrogen and oxygen atoms in total. The van der Waals surface area contributed by atoms with E-state index in [4.69, 9.17) is 0 Å². The van der Waals surface area contributed by atoms with Gasteiger partial charge in [0.05, 0.1) is 28.2 Å². The molecule has 1 amide bonds. The lowest BCUT2D eigenvalue weighted by molar-refractivity contribution is 0.102. The van der Waals surface area contributed by atoms with Crippen LogP contribution in [0.2, 0.25) is 0 Å². The first kappa shape index (κ1) is 21.1. The van der Waals surface area contributed by atoms with E-state index in [1.807, 2.05) is 42.5 Å². The van der Waals surface area contributed by atoms with E-state index in [0.717, 1.165) is 28.2 Å². The van der Waals surface area contributed by atoms with E-state index in [1.54, 1.807) is 18.2 Å². The van der Waals surface area contributed by atoms with Crippen molar-refractivity contribution in [2.24, 2.45) is 0 Å². The Kier molecular flexibility index (Phi) is 5.30. The van der Waals surface area contributed by atoms with E-state index >= 15 is 0 Å². The Labute approximate surface area is 190 Å². The lowest BCUT2D eigenvalue weighted by Crippen LogP contribution is -2.25. The summed E-state index contributed by atoms with van der Waals surface area (Å²) in [4.78, 5) is 17.4. The van der Waals surface area contributed by atoms with Crippen LogP contribution in [0.15, 0.2) is 78.9 Å². The molecule has 1 saturated heterocycles. The maximum Gasteiger partial charge on any atom is 0.258 e. The molecule has 1 N–H and O–H groups in total. The zero-order valence-electron chi connectivity index (χ0n) is 17.5. The van der Waals surface area contributed by atoms with Gasteiger partial charge >= 0.3 is 0 Å². The van der Waals surface area contributed by atoms with Gasteiger partial charge in [0.1, 0.15) is 5.82 Å². The average Bonchev–Trinajstić information content (AvgIpc) is 3.17. The first-order chi connectivity index (χ1) is 15.9. The Morgan fingerprint density at radius 3 is 2.61 bits per heavy atom. The molecule has 0 unspecified atom stereocenters. The third-order valence-corrected chi connectivity index (χ3v) is 7.47. The van der Waals surface area contributed by atoms with Crippen LogP contribution in [0.25, 0.3) is 22.2 Å². The summed E-state index contributed by atoms with van der Waals surface area (Å²) in [7, 11) is -3.42. The van der Waals surface area contributed by atoms with E-state index in [1.165, 1.54) is 16.4 Å². The average molecular weight is 462 g/mol. The van der Waals surface area contributed by atoms with Crippen LogP contribution >= 0.6 is 0 Å². The first-order valence-corrected chi connectivity index (χ1v) is 12.1. The number of carbonyl (C=O) groups excluding carboxylic acids is 1. The van der Waals surface area contributed by atoms with Crippen molar-refractivity contribution < 1.29 is 17.6 Å². The molecule has 1 aliphatic rings. The number of aromatic nitrogens is 1. The number of hydrogen-bond donors (Lipinski definition) is 1. The number of benzene rings is 3. The number of nitrogens with zero attached hydrogens (tertiary/aromatic N) is 2. The molecule has 0 bridgehead atoms. The van der Waals surface area contributed by atoms with Gasteiger partial charge in [-0.3, -0.25) is 9.10 Å². The quantitative estimate of drug-likeness (QED) is 0.472. The van der Waals surface area contributed by atoms with Crippen LogP contribution < -0.4 is 9.62 Å². The molecule has 3 aromatic carbocycles. The molecule has 0 radical (unpaired) electrons. The number of rotatable bonds is 4. The largest absolute Gasteiger partial charge is 0.322 e. The van der Waals surface area contributed by atoms with Crippen molar-refractivity contribution >= 4 is 38.2 Å². The fourth-order valence-corrected chi connectivity index (χ4v) is 5.51. The summed E-state index contributed by atoms with van der Waals surface area (Å²) in [5, 5.41) is 3.75. The van der Waals surface area contributed by atoms with Crippen LogP contribution in [0.1, 0.15) is 16.8 Å². The van der Waals surface area contributed by atoms with Gasteiger partial charge in [0.25, 0.3) is 5.91 Å². The van der Waals surface area contributed by atoms with Gasteiger partial charge in [-0.25, -0.2) is 17.8 Å². The standard InChI is InChI=1S/C25H20FN3O3S/c26-22-16-20(29-13-4-14-33(29,31)32)10-11-21(22)25(30)27-19-7-3-6-18(15-19)24-12-9-17-5-1-2-8-23(17)28-24/h1-3,5-12,15-16H,4,13-14H2,(H,27,30). The zero-order chi connectivity index (χ0) is 23.0. The van der Waals surface area contributed by atoms with Crippen molar-refractivity contribution in [2.45, 2.75) is 6.42 Å². The molecule has 8 heteroatoms. The Morgan fingerprint density at radius 1 is 0.970 bits per heavy atom. The first-order valence-electron chi connectivity index (χ1n) is 10.5. The second kappa shape index (κ2) is 8.29. The fourth-order valence-electron chi connectivity index (χ4n) is 3.95. The van der Waals surface area contributed by atoms with Crippen LogP contribution in [-0.2, 0) is 10.0 Å². The minimum atomic E-state index is -3.42. The molecule has 1 aromatic heterocycles. The van der Waals surface area contributed by atoms with E-state index in [2.05, 4.69) is 10.3 Å². The van der Waals surface area contributed by atoms with Crippen LogP contribution in [0.3, 0.4) is 0 Å². The Morgan fingerprint density at radius 2 is 1.82 bits per heavy atom. The van der Waals surface area contributed by atoms with Crippen molar-refractivity contribution in [3.8, 4) is 11.3 Å². The number of halogens is 1. The monoisotopic (exact) mass is 461 g/mol. The van der Waals surface area contributed by atoms with Gasteiger partial charge in [-0.05, 0) is 48.9 Å². The number of sulfonamides is 1. The van der Waals surface area contributed by atoms with E-state index in [9.17, 15) is 17.6 Å². The second-order valence-electron chi connectivity index (χ2n) is 7.83. The Balaban J connectivity index is 1.38. The van der Waals surface area contributed by atoms with Gasteiger partial charge in [-0.2, -0.15) is 0 Å². The van der Waals surface area contributed by atoms with Gasteiger partial charge in [0.2, 0.25) is 10.0 Å². The van der Waals surface area contributed by atoms with Crippen molar-refractivity contribution in [3.63, 3.8) is 0 Å². The van der Waals surface area contributed by atoms with Gasteiger partial charge < -0.3 is 5.32 Å². The maximum absolute atomic E-state index is 14.7. The highest BCUT2D eigenvalue weighted by Gasteiger charge is 2.29. The third-order valence-electron chi connectivity index (χ3n) is 5.60. The number of hydrogen-bond acceptors (Lipinski definition) is 4. The summed E-state index contributed by atoms with van der Waals surface area (Å²) < 4.78 is 40.0. The predicted octanol–water partition coefficient (Wildman–Crippen LogP) is 4.83. The summed E-state index contributed by atoms with van der Waals surface area (Å²) in [6, 6.07) is 22.7. The highest BCUT2D eigenvalue weighted by Crippen LogP contribution is 2.27. The summed E-state index contributed by atoms with van der Waals surface area (Å²) >= 11 is 0. The van der Waals surface area contributed by atoms with E-state index in [-0.39, 0.29) is 17.0 Å². The molecule has 33 heavy (non-hydrogen) atoms.